The van der Waals surface area contributed by atoms with Gasteiger partial charge in [-0.1, -0.05) is 109 Å². The molecule has 10 aromatic rings. The molecule has 2 heterocycles. The number of ether oxygens (including phenoxy) is 1. The molecule has 10 rings (SSSR count). The van der Waals surface area contributed by atoms with Crippen molar-refractivity contribution in [3.05, 3.63) is 163 Å². The van der Waals surface area contributed by atoms with Crippen LogP contribution in [0.15, 0.2) is 162 Å². The predicted octanol–water partition coefficient (Wildman–Crippen LogP) is 11.8. The number of hydrogen-bond donors (Lipinski definition) is 1. The van der Waals surface area contributed by atoms with Crippen LogP contribution in [0.2, 0.25) is 0 Å². The normalized spacial score (nSPS) is 11.8. The van der Waals surface area contributed by atoms with Crippen LogP contribution >= 0.6 is 0 Å². The molecule has 2 N–H and O–H groups in total. The van der Waals surface area contributed by atoms with Gasteiger partial charge in [-0.2, -0.15) is 0 Å². The first-order valence-corrected chi connectivity index (χ1v) is 16.6. The summed E-state index contributed by atoms with van der Waals surface area (Å²) in [6.07, 6.45) is 0. The van der Waals surface area contributed by atoms with Gasteiger partial charge in [0.15, 0.2) is 5.75 Å². The zero-order valence-electron chi connectivity index (χ0n) is 26.6. The predicted molar refractivity (Wildman–Crippen MR) is 204 cm³/mol. The summed E-state index contributed by atoms with van der Waals surface area (Å²) in [7, 11) is 0. The zero-order valence-corrected chi connectivity index (χ0v) is 26.6. The molecule has 0 spiro atoms. The quantitative estimate of drug-likeness (QED) is 0.193. The Labute approximate surface area is 282 Å². The van der Waals surface area contributed by atoms with E-state index in [0.717, 1.165) is 44.3 Å². The Balaban J connectivity index is 1.05. The van der Waals surface area contributed by atoms with Gasteiger partial charge in [-0.05, 0) is 86.8 Å². The van der Waals surface area contributed by atoms with Gasteiger partial charge in [0.1, 0.15) is 17.8 Å². The van der Waals surface area contributed by atoms with Crippen LogP contribution in [-0.4, -0.2) is 4.57 Å². The van der Waals surface area contributed by atoms with Gasteiger partial charge in [0.25, 0.3) is 0 Å². The molecule has 8 aromatic carbocycles. The first kappa shape index (κ1) is 27.6. The van der Waals surface area contributed by atoms with Gasteiger partial charge < -0.3 is 19.5 Å². The Morgan fingerprint density at radius 3 is 1.84 bits per heavy atom. The van der Waals surface area contributed by atoms with E-state index in [0.29, 0.717) is 18.0 Å². The number of nitrogens with two attached hydrogens (primary N) is 1. The molecule has 232 valence electrons. The summed E-state index contributed by atoms with van der Waals surface area (Å²) in [5.74, 6) is 0.645. The van der Waals surface area contributed by atoms with E-state index in [1.54, 1.807) is 0 Å². The maximum absolute atomic E-state index is 6.55. The van der Waals surface area contributed by atoms with Gasteiger partial charge in [-0.3, -0.25) is 0 Å². The molecular weight excluding hydrogens is 601 g/mol. The van der Waals surface area contributed by atoms with Crippen LogP contribution in [0.1, 0.15) is 5.56 Å². The van der Waals surface area contributed by atoms with Crippen LogP contribution < -0.4 is 10.5 Å². The molecule has 0 aliphatic carbocycles. The van der Waals surface area contributed by atoms with Crippen molar-refractivity contribution < 1.29 is 9.15 Å². The monoisotopic (exact) mass is 630 g/mol. The Kier molecular flexibility index (Phi) is 6.06. The first-order chi connectivity index (χ1) is 24.2. The Bertz CT molecular complexity index is 2790. The van der Waals surface area contributed by atoms with Crippen LogP contribution in [0.25, 0.3) is 82.1 Å². The lowest BCUT2D eigenvalue weighted by atomic mass is 10.00. The van der Waals surface area contributed by atoms with Crippen LogP contribution in [0.3, 0.4) is 0 Å². The third-order valence-corrected chi connectivity index (χ3v) is 9.85. The molecular formula is C45H30N2O2. The Hall–Kier alpha value is -6.52. The van der Waals surface area contributed by atoms with E-state index in [4.69, 9.17) is 14.9 Å². The van der Waals surface area contributed by atoms with Gasteiger partial charge in [0, 0.05) is 21.8 Å². The highest BCUT2D eigenvalue weighted by molar-refractivity contribution is 6.28. The molecule has 2 aromatic heterocycles. The number of aromatic nitrogens is 1. The minimum absolute atomic E-state index is 0.372. The molecule has 0 aliphatic rings. The number of nitrogen functional groups attached to an aromatic ring is 1. The van der Waals surface area contributed by atoms with E-state index in [-0.39, 0.29) is 0 Å². The number of nitrogens with zero attached hydrogens (tertiary/aromatic N) is 1. The maximum Gasteiger partial charge on any atom is 0.154 e. The van der Waals surface area contributed by atoms with E-state index < -0.39 is 0 Å². The highest BCUT2D eigenvalue weighted by Gasteiger charge is 2.18. The average molecular weight is 631 g/mol. The van der Waals surface area contributed by atoms with Gasteiger partial charge in [-0.25, -0.2) is 0 Å². The third-order valence-electron chi connectivity index (χ3n) is 9.85. The van der Waals surface area contributed by atoms with Crippen molar-refractivity contribution in [2.24, 2.45) is 0 Å². The number of furan rings is 1. The molecule has 0 fully saturated rings. The van der Waals surface area contributed by atoms with Crippen molar-refractivity contribution >= 4 is 71.0 Å². The van der Waals surface area contributed by atoms with Crippen LogP contribution in [-0.2, 0) is 6.61 Å². The molecule has 4 nitrogen and oxygen atoms in total. The summed E-state index contributed by atoms with van der Waals surface area (Å²) in [5, 5.41) is 9.46. The number of benzene rings is 8. The summed E-state index contributed by atoms with van der Waals surface area (Å²) in [6, 6.07) is 55.4. The fraction of sp³-hybridized carbons (Fsp3) is 0.0222. The number of anilines is 1. The molecule has 0 unspecified atom stereocenters. The smallest absolute Gasteiger partial charge is 0.154 e. The van der Waals surface area contributed by atoms with Crippen molar-refractivity contribution in [2.45, 2.75) is 6.61 Å². The fourth-order valence-electron chi connectivity index (χ4n) is 7.54. The minimum Gasteiger partial charge on any atom is -0.486 e. The molecule has 0 saturated carbocycles. The van der Waals surface area contributed by atoms with Crippen molar-refractivity contribution in [1.82, 2.24) is 4.57 Å². The summed E-state index contributed by atoms with van der Waals surface area (Å²) in [6.45, 7) is 0.372. The Morgan fingerprint density at radius 2 is 1.14 bits per heavy atom. The van der Waals surface area contributed by atoms with E-state index in [1.807, 2.05) is 24.3 Å². The van der Waals surface area contributed by atoms with Crippen LogP contribution in [0, 0.1) is 0 Å². The summed E-state index contributed by atoms with van der Waals surface area (Å²) >= 11 is 0. The summed E-state index contributed by atoms with van der Waals surface area (Å²) < 4.78 is 15.1. The lowest BCUT2D eigenvalue weighted by molar-refractivity contribution is 0.312. The zero-order chi connectivity index (χ0) is 32.5. The molecule has 0 aliphatic heterocycles. The molecule has 0 atom stereocenters. The van der Waals surface area contributed by atoms with E-state index in [1.165, 1.54) is 43.4 Å². The highest BCUT2D eigenvalue weighted by atomic mass is 16.5. The number of fused-ring (bicyclic) bond motifs is 10. The average Bonchev–Trinajstić information content (AvgIpc) is 3.71. The lowest BCUT2D eigenvalue weighted by Crippen LogP contribution is -2.00. The SMILES string of the molecule is Nc1ccc2oc3ccc(-c4ccccc4)cc3c2c1OCc1ccc(-n2c3ccc4ccccc4c3c3c4ccccc4ccc32)cc1. The second-order valence-corrected chi connectivity index (χ2v) is 12.7. The van der Waals surface area contributed by atoms with Gasteiger partial charge in [0.05, 0.1) is 22.1 Å². The van der Waals surface area contributed by atoms with Crippen molar-refractivity contribution in [1.29, 1.82) is 0 Å². The first-order valence-electron chi connectivity index (χ1n) is 16.6. The van der Waals surface area contributed by atoms with Gasteiger partial charge in [0.2, 0.25) is 0 Å². The molecule has 0 amide bonds. The standard InChI is InChI=1S/C45H30N2O2/c46-37-21-25-41-44(36-26-32(18-24-40(36)49-41)29-8-2-1-3-9-29)45(37)48-27-28-14-19-33(20-15-28)47-38-22-16-30-10-4-6-12-34(30)42(38)43-35-13-7-5-11-31(35)17-23-39(43)47/h1-26H,27,46H2. The lowest BCUT2D eigenvalue weighted by Gasteiger charge is -2.12. The van der Waals surface area contributed by atoms with E-state index >= 15 is 0 Å². The van der Waals surface area contributed by atoms with Crippen molar-refractivity contribution in [3.63, 3.8) is 0 Å². The van der Waals surface area contributed by atoms with E-state index in [9.17, 15) is 0 Å². The molecule has 49 heavy (non-hydrogen) atoms. The van der Waals surface area contributed by atoms with Gasteiger partial charge in [-0.15, -0.1) is 0 Å². The number of rotatable bonds is 5. The largest absolute Gasteiger partial charge is 0.486 e. The second kappa shape index (κ2) is 10.8. The fourth-order valence-corrected chi connectivity index (χ4v) is 7.54. The minimum atomic E-state index is 0.372. The summed E-state index contributed by atoms with van der Waals surface area (Å²) in [4.78, 5) is 0. The Morgan fingerprint density at radius 1 is 0.510 bits per heavy atom. The van der Waals surface area contributed by atoms with Gasteiger partial charge >= 0.3 is 0 Å². The topological polar surface area (TPSA) is 53.3 Å². The van der Waals surface area contributed by atoms with Crippen molar-refractivity contribution in [3.8, 4) is 22.6 Å². The summed E-state index contributed by atoms with van der Waals surface area (Å²) in [5.41, 5.74) is 15.5. The third kappa shape index (κ3) is 4.31. The maximum atomic E-state index is 6.55. The molecule has 4 heteroatoms. The number of hydrogen-bond acceptors (Lipinski definition) is 3. The molecule has 0 radical (unpaired) electrons. The molecule has 0 saturated heterocycles. The van der Waals surface area contributed by atoms with E-state index in [2.05, 4.69) is 138 Å². The van der Waals surface area contributed by atoms with Crippen LogP contribution in [0.5, 0.6) is 5.75 Å². The van der Waals surface area contributed by atoms with Crippen molar-refractivity contribution in [2.75, 3.05) is 5.73 Å². The highest BCUT2D eigenvalue weighted by Crippen LogP contribution is 2.42. The second-order valence-electron chi connectivity index (χ2n) is 12.7. The van der Waals surface area contributed by atoms with Crippen LogP contribution in [0.4, 0.5) is 5.69 Å². The molecule has 0 bridgehead atoms.